The van der Waals surface area contributed by atoms with Crippen LogP contribution in [0.1, 0.15) is 32.3 Å². The van der Waals surface area contributed by atoms with Gasteiger partial charge >= 0.3 is 0 Å². The number of rotatable bonds is 7. The molecule has 1 saturated heterocycles. The predicted octanol–water partition coefficient (Wildman–Crippen LogP) is 3.79. The fraction of sp³-hybridized carbons (Fsp3) is 0.647. The van der Waals surface area contributed by atoms with E-state index in [2.05, 4.69) is 41.2 Å². The molecule has 0 saturated carbocycles. The van der Waals surface area contributed by atoms with E-state index in [1.165, 1.54) is 5.56 Å². The largest absolute Gasteiger partial charge is 0.496 e. The Labute approximate surface area is 136 Å². The normalized spacial score (nSPS) is 23.2. The predicted molar refractivity (Wildman–Crippen MR) is 90.0 cm³/mol. The molecule has 1 heterocycles. The van der Waals surface area contributed by atoms with E-state index in [-0.39, 0.29) is 0 Å². The maximum Gasteiger partial charge on any atom is 0.122 e. The van der Waals surface area contributed by atoms with Gasteiger partial charge in [0, 0.05) is 23.0 Å². The summed E-state index contributed by atoms with van der Waals surface area (Å²) in [6.07, 6.45) is 3.59. The van der Waals surface area contributed by atoms with Crippen LogP contribution in [-0.2, 0) is 11.2 Å². The molecule has 0 radical (unpaired) electrons. The van der Waals surface area contributed by atoms with Gasteiger partial charge in [0.15, 0.2) is 0 Å². The summed E-state index contributed by atoms with van der Waals surface area (Å²) in [5, 5.41) is 3.71. The number of nitrogens with one attached hydrogen (secondary N) is 1. The summed E-state index contributed by atoms with van der Waals surface area (Å²) in [6, 6.07) is 6.66. The first kappa shape index (κ1) is 16.8. The van der Waals surface area contributed by atoms with E-state index < -0.39 is 0 Å². The summed E-state index contributed by atoms with van der Waals surface area (Å²) < 4.78 is 12.4. The summed E-state index contributed by atoms with van der Waals surface area (Å²) in [6.45, 7) is 6.32. The maximum absolute atomic E-state index is 5.76. The summed E-state index contributed by atoms with van der Waals surface area (Å²) in [7, 11) is 1.74. The highest BCUT2D eigenvalue weighted by Gasteiger charge is 2.32. The highest BCUT2D eigenvalue weighted by atomic mass is 79.9. The molecule has 0 amide bonds. The SMILES string of the molecule is CCCNC(Cc1cc(Br)ccc1OC)C1CCOC1C. The van der Waals surface area contributed by atoms with Gasteiger partial charge in [-0.2, -0.15) is 0 Å². The van der Waals surface area contributed by atoms with Crippen molar-refractivity contribution in [2.45, 2.75) is 45.3 Å². The van der Waals surface area contributed by atoms with Gasteiger partial charge in [-0.15, -0.1) is 0 Å². The zero-order valence-electron chi connectivity index (χ0n) is 13.2. The first-order valence-corrected chi connectivity index (χ1v) is 8.62. The van der Waals surface area contributed by atoms with Crippen molar-refractivity contribution in [3.63, 3.8) is 0 Å². The molecule has 21 heavy (non-hydrogen) atoms. The molecule has 118 valence electrons. The van der Waals surface area contributed by atoms with Crippen LogP contribution in [0.5, 0.6) is 5.75 Å². The van der Waals surface area contributed by atoms with Crippen LogP contribution in [0.2, 0.25) is 0 Å². The van der Waals surface area contributed by atoms with E-state index in [1.54, 1.807) is 7.11 Å². The van der Waals surface area contributed by atoms with Crippen molar-refractivity contribution in [3.8, 4) is 5.75 Å². The summed E-state index contributed by atoms with van der Waals surface area (Å²) in [4.78, 5) is 0. The first-order chi connectivity index (χ1) is 10.2. The molecule has 3 nitrogen and oxygen atoms in total. The van der Waals surface area contributed by atoms with E-state index in [0.29, 0.717) is 18.1 Å². The Balaban J connectivity index is 2.15. The summed E-state index contributed by atoms with van der Waals surface area (Å²) in [5.41, 5.74) is 1.25. The van der Waals surface area contributed by atoms with Gasteiger partial charge in [0.2, 0.25) is 0 Å². The standard InChI is InChI=1S/C17H26BrNO2/c1-4-8-19-16(15-7-9-21-12(15)2)11-13-10-14(18)5-6-17(13)20-3/h5-6,10,12,15-16,19H,4,7-9,11H2,1-3H3. The molecule has 0 aromatic heterocycles. The molecule has 2 rings (SSSR count). The van der Waals surface area contributed by atoms with Crippen molar-refractivity contribution in [1.82, 2.24) is 5.32 Å². The number of hydrogen-bond acceptors (Lipinski definition) is 3. The van der Waals surface area contributed by atoms with Crippen LogP contribution < -0.4 is 10.1 Å². The average Bonchev–Trinajstić information content (AvgIpc) is 2.90. The molecule has 1 aliphatic heterocycles. The third-order valence-electron chi connectivity index (χ3n) is 4.29. The van der Waals surface area contributed by atoms with Gasteiger partial charge in [-0.05, 0) is 56.5 Å². The number of benzene rings is 1. The maximum atomic E-state index is 5.76. The van der Waals surface area contributed by atoms with E-state index >= 15 is 0 Å². The third kappa shape index (κ3) is 4.44. The van der Waals surface area contributed by atoms with Crippen molar-refractivity contribution >= 4 is 15.9 Å². The van der Waals surface area contributed by atoms with Crippen LogP contribution in [-0.4, -0.2) is 32.4 Å². The van der Waals surface area contributed by atoms with Gasteiger partial charge in [-0.25, -0.2) is 0 Å². The van der Waals surface area contributed by atoms with Gasteiger partial charge < -0.3 is 14.8 Å². The van der Waals surface area contributed by atoms with Gasteiger partial charge in [0.1, 0.15) is 5.75 Å². The zero-order valence-corrected chi connectivity index (χ0v) is 14.8. The smallest absolute Gasteiger partial charge is 0.122 e. The Morgan fingerprint density at radius 2 is 2.29 bits per heavy atom. The van der Waals surface area contributed by atoms with E-state index in [4.69, 9.17) is 9.47 Å². The molecular weight excluding hydrogens is 330 g/mol. The minimum Gasteiger partial charge on any atom is -0.496 e. The number of methoxy groups -OCH3 is 1. The van der Waals surface area contributed by atoms with Gasteiger partial charge in [0.25, 0.3) is 0 Å². The topological polar surface area (TPSA) is 30.5 Å². The van der Waals surface area contributed by atoms with Crippen molar-refractivity contribution in [1.29, 1.82) is 0 Å². The van der Waals surface area contributed by atoms with Gasteiger partial charge in [-0.1, -0.05) is 22.9 Å². The number of halogens is 1. The molecule has 4 heteroatoms. The molecule has 1 aromatic rings. The fourth-order valence-corrected chi connectivity index (χ4v) is 3.53. The van der Waals surface area contributed by atoms with Gasteiger partial charge in [-0.3, -0.25) is 0 Å². The molecule has 0 spiro atoms. The Morgan fingerprint density at radius 1 is 1.48 bits per heavy atom. The highest BCUT2D eigenvalue weighted by molar-refractivity contribution is 9.10. The lowest BCUT2D eigenvalue weighted by atomic mass is 9.88. The molecule has 1 aliphatic rings. The quantitative estimate of drug-likeness (QED) is 0.806. The Morgan fingerprint density at radius 3 is 2.90 bits per heavy atom. The Bertz CT molecular complexity index is 452. The average molecular weight is 356 g/mol. The summed E-state index contributed by atoms with van der Waals surface area (Å²) >= 11 is 3.56. The molecule has 1 aromatic carbocycles. The first-order valence-electron chi connectivity index (χ1n) is 7.83. The van der Waals surface area contributed by atoms with Crippen LogP contribution in [0.3, 0.4) is 0 Å². The Kier molecular flexibility index (Phi) is 6.52. The molecule has 3 unspecified atom stereocenters. The number of ether oxygens (including phenoxy) is 2. The van der Waals surface area contributed by atoms with Crippen LogP contribution >= 0.6 is 15.9 Å². The van der Waals surface area contributed by atoms with Crippen molar-refractivity contribution in [2.24, 2.45) is 5.92 Å². The van der Waals surface area contributed by atoms with Crippen LogP contribution in [0.15, 0.2) is 22.7 Å². The molecule has 1 N–H and O–H groups in total. The van der Waals surface area contributed by atoms with E-state index in [1.807, 2.05) is 12.1 Å². The summed E-state index contributed by atoms with van der Waals surface area (Å²) in [5.74, 6) is 1.54. The van der Waals surface area contributed by atoms with Crippen molar-refractivity contribution < 1.29 is 9.47 Å². The fourth-order valence-electron chi connectivity index (χ4n) is 3.12. The molecule has 1 fully saturated rings. The monoisotopic (exact) mass is 355 g/mol. The second-order valence-electron chi connectivity index (χ2n) is 5.75. The highest BCUT2D eigenvalue weighted by Crippen LogP contribution is 2.30. The third-order valence-corrected chi connectivity index (χ3v) is 4.78. The van der Waals surface area contributed by atoms with Crippen molar-refractivity contribution in [3.05, 3.63) is 28.2 Å². The van der Waals surface area contributed by atoms with Crippen LogP contribution in [0, 0.1) is 5.92 Å². The molecule has 3 atom stereocenters. The van der Waals surface area contributed by atoms with Crippen LogP contribution in [0.4, 0.5) is 0 Å². The lowest BCUT2D eigenvalue weighted by Crippen LogP contribution is -2.41. The lowest BCUT2D eigenvalue weighted by molar-refractivity contribution is 0.0953. The van der Waals surface area contributed by atoms with E-state index in [9.17, 15) is 0 Å². The van der Waals surface area contributed by atoms with Crippen LogP contribution in [0.25, 0.3) is 0 Å². The molecular formula is C17H26BrNO2. The second-order valence-corrected chi connectivity index (χ2v) is 6.67. The Hall–Kier alpha value is -0.580. The zero-order chi connectivity index (χ0) is 15.2. The van der Waals surface area contributed by atoms with E-state index in [0.717, 1.165) is 42.6 Å². The minimum atomic E-state index is 0.331. The number of hydrogen-bond donors (Lipinski definition) is 1. The van der Waals surface area contributed by atoms with Gasteiger partial charge in [0.05, 0.1) is 13.2 Å². The molecule has 0 aliphatic carbocycles. The lowest BCUT2D eigenvalue weighted by Gasteiger charge is -2.27. The van der Waals surface area contributed by atoms with Crippen molar-refractivity contribution in [2.75, 3.05) is 20.3 Å². The molecule has 0 bridgehead atoms. The second kappa shape index (κ2) is 8.16. The minimum absolute atomic E-state index is 0.331.